The van der Waals surface area contributed by atoms with E-state index in [2.05, 4.69) is 4.98 Å². The summed E-state index contributed by atoms with van der Waals surface area (Å²) in [5.74, 6) is -0.138. The smallest absolute Gasteiger partial charge is 0.375 e. The zero-order valence-electron chi connectivity index (χ0n) is 12.7. The molecular weight excluding hydrogens is 349 g/mol. The molecule has 2 saturated heterocycles. The second kappa shape index (κ2) is 6.25. The number of aromatic nitrogens is 1. The maximum Gasteiger partial charge on any atom is 0.511 e. The summed E-state index contributed by atoms with van der Waals surface area (Å²) in [5, 5.41) is 0. The van der Waals surface area contributed by atoms with Gasteiger partial charge >= 0.3 is 15.5 Å². The van der Waals surface area contributed by atoms with Crippen LogP contribution in [-0.2, 0) is 26.1 Å². The maximum absolute atomic E-state index is 12.6. The van der Waals surface area contributed by atoms with Gasteiger partial charge in [0.1, 0.15) is 5.60 Å². The number of ether oxygens (including phenoxy) is 2. The van der Waals surface area contributed by atoms with Crippen LogP contribution in [-0.4, -0.2) is 55.1 Å². The third-order valence-corrected chi connectivity index (χ3v) is 5.94. The highest BCUT2D eigenvalue weighted by Crippen LogP contribution is 2.43. The van der Waals surface area contributed by atoms with E-state index in [1.165, 1.54) is 0 Å². The standard InChI is InChI=1S/C14H17F3N2O4S/c15-14(16,17)24(20,21)19-9-13(10-19)11(4-6-23-13)7-22-8-12-3-1-2-5-18-12/h1-3,5,11H,4,6-10H2/t11-/m0/s1. The first kappa shape index (κ1) is 17.6. The summed E-state index contributed by atoms with van der Waals surface area (Å²) in [7, 11) is -5.29. The van der Waals surface area contributed by atoms with Gasteiger partial charge in [-0.1, -0.05) is 6.07 Å². The largest absolute Gasteiger partial charge is 0.511 e. The highest BCUT2D eigenvalue weighted by atomic mass is 32.2. The topological polar surface area (TPSA) is 68.7 Å². The van der Waals surface area contributed by atoms with Crippen molar-refractivity contribution in [3.63, 3.8) is 0 Å². The molecule has 2 aliphatic rings. The molecule has 0 saturated carbocycles. The average molecular weight is 366 g/mol. The predicted octanol–water partition coefficient (Wildman–Crippen LogP) is 1.54. The van der Waals surface area contributed by atoms with Crippen molar-refractivity contribution in [1.82, 2.24) is 9.29 Å². The number of alkyl halides is 3. The molecule has 2 aliphatic heterocycles. The van der Waals surface area contributed by atoms with Gasteiger partial charge in [-0.15, -0.1) is 0 Å². The minimum atomic E-state index is -5.29. The number of hydrogen-bond donors (Lipinski definition) is 0. The summed E-state index contributed by atoms with van der Waals surface area (Å²) in [6.07, 6.45) is 2.27. The van der Waals surface area contributed by atoms with Gasteiger partial charge in [0.2, 0.25) is 0 Å². The van der Waals surface area contributed by atoms with E-state index in [0.717, 1.165) is 5.69 Å². The quantitative estimate of drug-likeness (QED) is 0.791. The molecule has 10 heteroatoms. The monoisotopic (exact) mass is 366 g/mol. The number of sulfonamides is 1. The average Bonchev–Trinajstić information content (AvgIpc) is 2.89. The molecule has 0 unspecified atom stereocenters. The Kier molecular flexibility index (Phi) is 4.58. The third kappa shape index (κ3) is 3.15. The highest BCUT2D eigenvalue weighted by molar-refractivity contribution is 7.90. The summed E-state index contributed by atoms with van der Waals surface area (Å²) in [5.41, 5.74) is -5.40. The Balaban J connectivity index is 1.55. The van der Waals surface area contributed by atoms with Crippen LogP contribution in [0.25, 0.3) is 0 Å². The summed E-state index contributed by atoms with van der Waals surface area (Å²) < 4.78 is 72.0. The van der Waals surface area contributed by atoms with Crippen molar-refractivity contribution >= 4 is 10.0 Å². The fourth-order valence-electron chi connectivity index (χ4n) is 3.03. The van der Waals surface area contributed by atoms with Crippen LogP contribution >= 0.6 is 0 Å². The van der Waals surface area contributed by atoms with Gasteiger partial charge < -0.3 is 9.47 Å². The van der Waals surface area contributed by atoms with Crippen LogP contribution in [0.3, 0.4) is 0 Å². The second-order valence-electron chi connectivity index (χ2n) is 5.95. The minimum Gasteiger partial charge on any atom is -0.375 e. The molecule has 1 aromatic rings. The van der Waals surface area contributed by atoms with Crippen molar-refractivity contribution in [1.29, 1.82) is 0 Å². The Morgan fingerprint density at radius 2 is 2.12 bits per heavy atom. The van der Waals surface area contributed by atoms with Gasteiger partial charge in [0.15, 0.2) is 0 Å². The van der Waals surface area contributed by atoms with Crippen molar-refractivity contribution in [3.8, 4) is 0 Å². The van der Waals surface area contributed by atoms with Crippen LogP contribution in [0.2, 0.25) is 0 Å². The van der Waals surface area contributed by atoms with Crippen LogP contribution in [0.15, 0.2) is 24.4 Å². The normalized spacial score (nSPS) is 24.2. The van der Waals surface area contributed by atoms with Crippen molar-refractivity contribution in [3.05, 3.63) is 30.1 Å². The van der Waals surface area contributed by atoms with Crippen molar-refractivity contribution in [2.75, 3.05) is 26.3 Å². The summed E-state index contributed by atoms with van der Waals surface area (Å²) >= 11 is 0. The van der Waals surface area contributed by atoms with E-state index in [9.17, 15) is 21.6 Å². The lowest BCUT2D eigenvalue weighted by atomic mass is 9.83. The molecule has 2 fully saturated rings. The number of nitrogens with zero attached hydrogens (tertiary/aromatic N) is 2. The lowest BCUT2D eigenvalue weighted by Gasteiger charge is -2.48. The number of pyridine rings is 1. The van der Waals surface area contributed by atoms with Crippen LogP contribution in [0.4, 0.5) is 13.2 Å². The summed E-state index contributed by atoms with van der Waals surface area (Å²) in [4.78, 5) is 4.12. The zero-order chi connectivity index (χ0) is 17.4. The molecule has 0 aliphatic carbocycles. The Morgan fingerprint density at radius 1 is 1.38 bits per heavy atom. The first-order valence-electron chi connectivity index (χ1n) is 7.43. The van der Waals surface area contributed by atoms with Gasteiger partial charge in [-0.05, 0) is 18.6 Å². The van der Waals surface area contributed by atoms with E-state index in [1.54, 1.807) is 12.3 Å². The third-order valence-electron chi connectivity index (χ3n) is 4.42. The molecule has 6 nitrogen and oxygen atoms in total. The molecule has 0 aromatic carbocycles. The maximum atomic E-state index is 12.6. The van der Waals surface area contributed by atoms with Crippen molar-refractivity contribution in [2.45, 2.75) is 24.1 Å². The van der Waals surface area contributed by atoms with Crippen molar-refractivity contribution < 1.29 is 31.1 Å². The summed E-state index contributed by atoms with van der Waals surface area (Å²) in [6.45, 7) is 0.394. The van der Waals surface area contributed by atoms with Crippen LogP contribution in [0, 0.1) is 5.92 Å². The highest BCUT2D eigenvalue weighted by Gasteiger charge is 2.62. The van der Waals surface area contributed by atoms with Gasteiger partial charge in [-0.2, -0.15) is 17.5 Å². The fourth-order valence-corrected chi connectivity index (χ4v) is 4.10. The molecule has 24 heavy (non-hydrogen) atoms. The molecule has 1 aromatic heterocycles. The van der Waals surface area contributed by atoms with Crippen LogP contribution in [0.5, 0.6) is 0 Å². The molecule has 134 valence electrons. The molecule has 0 amide bonds. The molecule has 0 N–H and O–H groups in total. The predicted molar refractivity (Wildman–Crippen MR) is 77.2 cm³/mol. The SMILES string of the molecule is O=S(=O)(N1CC2(C1)OCC[C@H]2COCc1ccccn1)C(F)(F)F. The van der Waals surface area contributed by atoms with Gasteiger partial charge in [0, 0.05) is 31.8 Å². The number of hydrogen-bond acceptors (Lipinski definition) is 5. The molecule has 3 heterocycles. The van der Waals surface area contributed by atoms with Crippen molar-refractivity contribution in [2.24, 2.45) is 5.92 Å². The van der Waals surface area contributed by atoms with Crippen LogP contribution < -0.4 is 0 Å². The Labute approximate surface area is 137 Å². The number of halogens is 3. The van der Waals surface area contributed by atoms with Gasteiger partial charge in [0.05, 0.1) is 18.9 Å². The molecule has 0 radical (unpaired) electrons. The first-order chi connectivity index (χ1) is 11.2. The zero-order valence-corrected chi connectivity index (χ0v) is 13.5. The van der Waals surface area contributed by atoms with E-state index in [4.69, 9.17) is 9.47 Å². The molecular formula is C14H17F3N2O4S. The van der Waals surface area contributed by atoms with E-state index in [0.29, 0.717) is 17.3 Å². The molecule has 1 spiro atoms. The lowest BCUT2D eigenvalue weighted by Crippen LogP contribution is -2.68. The van der Waals surface area contributed by atoms with E-state index >= 15 is 0 Å². The van der Waals surface area contributed by atoms with Gasteiger partial charge in [-0.25, -0.2) is 8.42 Å². The molecule has 3 rings (SSSR count). The van der Waals surface area contributed by atoms with Gasteiger partial charge in [-0.3, -0.25) is 4.98 Å². The second-order valence-corrected chi connectivity index (χ2v) is 7.88. The minimum absolute atomic E-state index is 0.138. The molecule has 1 atom stereocenters. The Hall–Kier alpha value is -1.23. The van der Waals surface area contributed by atoms with E-state index in [1.807, 2.05) is 12.1 Å². The van der Waals surface area contributed by atoms with E-state index < -0.39 is 21.1 Å². The summed E-state index contributed by atoms with van der Waals surface area (Å²) in [6, 6.07) is 5.42. The first-order valence-corrected chi connectivity index (χ1v) is 8.87. The van der Waals surface area contributed by atoms with E-state index in [-0.39, 0.29) is 32.2 Å². The van der Waals surface area contributed by atoms with Crippen LogP contribution in [0.1, 0.15) is 12.1 Å². The lowest BCUT2D eigenvalue weighted by molar-refractivity contribution is -0.123. The fraction of sp³-hybridized carbons (Fsp3) is 0.643. The number of rotatable bonds is 5. The Bertz CT molecular complexity index is 675. The molecule has 0 bridgehead atoms. The Morgan fingerprint density at radius 3 is 2.75 bits per heavy atom. The van der Waals surface area contributed by atoms with Gasteiger partial charge in [0.25, 0.3) is 0 Å².